The first-order valence-corrected chi connectivity index (χ1v) is 17.3. The van der Waals surface area contributed by atoms with E-state index in [1.54, 1.807) is 0 Å². The Balaban J connectivity index is 1.05. The number of amides is 1. The van der Waals surface area contributed by atoms with Crippen molar-refractivity contribution in [3.8, 4) is 0 Å². The van der Waals surface area contributed by atoms with Crippen LogP contribution < -0.4 is 11.1 Å². The SMILES string of the molecule is CCCCCCCCCCCCCCCC(=O)OCn1ccc2c(NC3C4CC5CC3CC(O)(C5)C4)c(C(N)=O)cnc21. The molecule has 0 aliphatic heterocycles. The van der Waals surface area contributed by atoms with Gasteiger partial charge in [-0.25, -0.2) is 4.98 Å². The third kappa shape index (κ3) is 8.11. The molecule has 0 saturated heterocycles. The van der Waals surface area contributed by atoms with Gasteiger partial charge in [0, 0.05) is 30.2 Å². The molecule has 4 N–H and O–H groups in total. The lowest BCUT2D eigenvalue weighted by Gasteiger charge is -2.58. The molecule has 4 fully saturated rings. The van der Waals surface area contributed by atoms with E-state index in [1.165, 1.54) is 76.8 Å². The van der Waals surface area contributed by atoms with Gasteiger partial charge in [-0.2, -0.15) is 0 Å². The van der Waals surface area contributed by atoms with E-state index >= 15 is 0 Å². The summed E-state index contributed by atoms with van der Waals surface area (Å²) < 4.78 is 7.41. The number of nitrogens with zero attached hydrogens (tertiary/aromatic N) is 2. The molecule has 2 atom stereocenters. The number of primary amides is 1. The molecule has 238 valence electrons. The monoisotopic (exact) mass is 594 g/mol. The van der Waals surface area contributed by atoms with Crippen molar-refractivity contribution in [2.24, 2.45) is 23.5 Å². The fourth-order valence-electron chi connectivity index (χ4n) is 8.47. The standard InChI is InChI=1S/C35H54N4O4/c1-2-3-4-5-6-7-8-9-10-11-12-13-14-15-30(40)43-24-39-17-16-28-32(29(33(36)41)23-37-34(28)39)38-31-26-18-25-19-27(31)22-35(42,20-25)21-26/h16-17,23,25-27,31,42H,2-15,18-22,24H2,1H3,(H2,36,41)(H,37,38). The van der Waals surface area contributed by atoms with Gasteiger partial charge in [0.25, 0.3) is 5.91 Å². The topological polar surface area (TPSA) is 119 Å². The van der Waals surface area contributed by atoms with E-state index in [9.17, 15) is 14.7 Å². The van der Waals surface area contributed by atoms with Gasteiger partial charge in [-0.15, -0.1) is 0 Å². The van der Waals surface area contributed by atoms with Crippen LogP contribution in [-0.4, -0.2) is 38.2 Å². The Morgan fingerprint density at radius 3 is 2.16 bits per heavy atom. The number of fused-ring (bicyclic) bond motifs is 1. The van der Waals surface area contributed by atoms with E-state index < -0.39 is 11.5 Å². The zero-order valence-corrected chi connectivity index (χ0v) is 26.3. The summed E-state index contributed by atoms with van der Waals surface area (Å²) in [6.45, 7) is 2.35. The number of aromatic nitrogens is 2. The molecule has 8 heteroatoms. The molecule has 43 heavy (non-hydrogen) atoms. The molecule has 2 heterocycles. The highest BCUT2D eigenvalue weighted by atomic mass is 16.5. The molecule has 6 rings (SSSR count). The fraction of sp³-hybridized carbons (Fsp3) is 0.743. The Bertz CT molecular complexity index is 1210. The number of rotatable bonds is 19. The highest BCUT2D eigenvalue weighted by molar-refractivity contribution is 6.06. The van der Waals surface area contributed by atoms with Gasteiger partial charge in [0.05, 0.1) is 16.9 Å². The minimum absolute atomic E-state index is 0.0898. The van der Waals surface area contributed by atoms with Crippen molar-refractivity contribution in [1.29, 1.82) is 0 Å². The maximum atomic E-state index is 12.5. The number of anilines is 1. The van der Waals surface area contributed by atoms with Crippen molar-refractivity contribution in [3.63, 3.8) is 0 Å². The van der Waals surface area contributed by atoms with E-state index in [0.717, 1.165) is 50.3 Å². The molecule has 0 radical (unpaired) electrons. The van der Waals surface area contributed by atoms with Crippen LogP contribution in [0.3, 0.4) is 0 Å². The van der Waals surface area contributed by atoms with Crippen molar-refractivity contribution in [1.82, 2.24) is 9.55 Å². The number of pyridine rings is 1. The molecule has 4 aliphatic carbocycles. The molecule has 4 bridgehead atoms. The average molecular weight is 595 g/mol. The van der Waals surface area contributed by atoms with Gasteiger partial charge >= 0.3 is 5.97 Å². The summed E-state index contributed by atoms with van der Waals surface area (Å²) >= 11 is 0. The first-order chi connectivity index (χ1) is 20.9. The first kappa shape index (κ1) is 31.8. The number of nitrogens with two attached hydrogens (primary N) is 1. The summed E-state index contributed by atoms with van der Waals surface area (Å²) in [4.78, 5) is 29.4. The van der Waals surface area contributed by atoms with E-state index in [1.807, 2.05) is 16.8 Å². The van der Waals surface area contributed by atoms with Crippen LogP contribution in [0.2, 0.25) is 0 Å². The van der Waals surface area contributed by atoms with Crippen LogP contribution in [0.1, 0.15) is 139 Å². The predicted octanol–water partition coefficient (Wildman–Crippen LogP) is 7.47. The van der Waals surface area contributed by atoms with Gasteiger partial charge < -0.3 is 20.9 Å². The third-order valence-corrected chi connectivity index (χ3v) is 10.5. The fourth-order valence-corrected chi connectivity index (χ4v) is 8.47. The number of hydrogen-bond donors (Lipinski definition) is 3. The Kier molecular flexibility index (Phi) is 11.0. The van der Waals surface area contributed by atoms with E-state index in [0.29, 0.717) is 41.1 Å². The number of esters is 1. The third-order valence-electron chi connectivity index (χ3n) is 10.5. The van der Waals surface area contributed by atoms with E-state index in [-0.39, 0.29) is 18.7 Å². The van der Waals surface area contributed by atoms with Crippen LogP contribution in [0, 0.1) is 17.8 Å². The Hall–Kier alpha value is -2.61. The Morgan fingerprint density at radius 1 is 0.977 bits per heavy atom. The van der Waals surface area contributed by atoms with Crippen molar-refractivity contribution < 1.29 is 19.4 Å². The first-order valence-electron chi connectivity index (χ1n) is 17.3. The molecule has 2 aromatic rings. The van der Waals surface area contributed by atoms with Crippen LogP contribution in [0.25, 0.3) is 11.0 Å². The van der Waals surface area contributed by atoms with Crippen molar-refractivity contribution in [3.05, 3.63) is 24.0 Å². The summed E-state index contributed by atoms with van der Waals surface area (Å²) in [5.41, 5.74) is 6.99. The smallest absolute Gasteiger partial charge is 0.307 e. The lowest BCUT2D eigenvalue weighted by atomic mass is 9.52. The number of ether oxygens (including phenoxy) is 1. The summed E-state index contributed by atoms with van der Waals surface area (Å²) in [6.07, 6.45) is 25.2. The normalized spacial score (nSPS) is 25.8. The number of aliphatic hydroxyl groups is 1. The average Bonchev–Trinajstić information content (AvgIpc) is 3.38. The number of carbonyl (C=O) groups is 2. The highest BCUT2D eigenvalue weighted by Gasteiger charge is 2.54. The van der Waals surface area contributed by atoms with Crippen LogP contribution in [-0.2, 0) is 16.3 Å². The Labute approximate surface area is 257 Å². The second kappa shape index (κ2) is 14.9. The highest BCUT2D eigenvalue weighted by Crippen LogP contribution is 2.56. The molecule has 1 amide bonds. The molecule has 0 spiro atoms. The maximum absolute atomic E-state index is 12.5. The second-order valence-electron chi connectivity index (χ2n) is 13.9. The molecular formula is C35H54N4O4. The summed E-state index contributed by atoms with van der Waals surface area (Å²) in [6, 6.07) is 2.11. The van der Waals surface area contributed by atoms with Gasteiger partial charge in [-0.3, -0.25) is 14.2 Å². The molecule has 2 unspecified atom stereocenters. The van der Waals surface area contributed by atoms with Crippen LogP contribution in [0.15, 0.2) is 18.5 Å². The number of unbranched alkanes of at least 4 members (excludes halogenated alkanes) is 12. The van der Waals surface area contributed by atoms with Gasteiger partial charge in [0.1, 0.15) is 5.65 Å². The van der Waals surface area contributed by atoms with E-state index in [2.05, 4.69) is 17.2 Å². The Morgan fingerprint density at radius 2 is 1.58 bits per heavy atom. The van der Waals surface area contributed by atoms with Crippen LogP contribution in [0.4, 0.5) is 5.69 Å². The van der Waals surface area contributed by atoms with Gasteiger partial charge in [-0.05, 0) is 62.3 Å². The van der Waals surface area contributed by atoms with Crippen LogP contribution >= 0.6 is 0 Å². The summed E-state index contributed by atoms with van der Waals surface area (Å²) in [5.74, 6) is 0.658. The lowest BCUT2D eigenvalue weighted by molar-refractivity contribution is -0.147. The van der Waals surface area contributed by atoms with Crippen molar-refractivity contribution >= 4 is 28.6 Å². The zero-order valence-electron chi connectivity index (χ0n) is 26.3. The van der Waals surface area contributed by atoms with Crippen LogP contribution in [0.5, 0.6) is 0 Å². The minimum Gasteiger partial charge on any atom is -0.444 e. The van der Waals surface area contributed by atoms with Gasteiger partial charge in [0.15, 0.2) is 6.73 Å². The largest absolute Gasteiger partial charge is 0.444 e. The second-order valence-corrected chi connectivity index (χ2v) is 13.9. The number of nitrogens with one attached hydrogen (secondary N) is 1. The minimum atomic E-state index is -0.519. The van der Waals surface area contributed by atoms with Crippen molar-refractivity contribution in [2.45, 2.75) is 147 Å². The van der Waals surface area contributed by atoms with Gasteiger partial charge in [0.2, 0.25) is 0 Å². The maximum Gasteiger partial charge on any atom is 0.307 e. The molecule has 8 nitrogen and oxygen atoms in total. The number of carbonyl (C=O) groups excluding carboxylic acids is 2. The zero-order chi connectivity index (χ0) is 30.2. The molecular weight excluding hydrogens is 540 g/mol. The lowest BCUT2D eigenvalue weighted by Crippen LogP contribution is -2.59. The van der Waals surface area contributed by atoms with E-state index in [4.69, 9.17) is 10.5 Å². The molecule has 0 aromatic carbocycles. The van der Waals surface area contributed by atoms with Crippen molar-refractivity contribution in [2.75, 3.05) is 5.32 Å². The summed E-state index contributed by atoms with van der Waals surface area (Å²) in [5, 5.41) is 15.5. The molecule has 4 aliphatic rings. The summed E-state index contributed by atoms with van der Waals surface area (Å²) in [7, 11) is 0. The molecule has 4 saturated carbocycles. The number of hydrogen-bond acceptors (Lipinski definition) is 6. The quantitative estimate of drug-likeness (QED) is 0.115. The predicted molar refractivity (Wildman–Crippen MR) is 171 cm³/mol. The van der Waals surface area contributed by atoms with Gasteiger partial charge in [-0.1, -0.05) is 84.0 Å². The molecule has 2 aromatic heterocycles.